The molecule has 7 nitrogen and oxygen atoms in total. The summed E-state index contributed by atoms with van der Waals surface area (Å²) in [6.45, 7) is 1.92. The molecule has 3 aromatic heterocycles. The first-order chi connectivity index (χ1) is 9.70. The Morgan fingerprint density at radius 3 is 2.60 bits per heavy atom. The minimum absolute atomic E-state index is 0.0973. The van der Waals surface area contributed by atoms with E-state index in [4.69, 9.17) is 11.6 Å². The molecular weight excluding hydrogens is 298 g/mol. The van der Waals surface area contributed by atoms with Crippen LogP contribution in [0.25, 0.3) is 5.95 Å². The van der Waals surface area contributed by atoms with Gasteiger partial charge < -0.3 is 0 Å². The Bertz CT molecular complexity index is 714. The van der Waals surface area contributed by atoms with Crippen LogP contribution in [0.15, 0.2) is 41.2 Å². The van der Waals surface area contributed by atoms with Gasteiger partial charge in [-0.25, -0.2) is 14.6 Å². The van der Waals surface area contributed by atoms with E-state index in [1.54, 1.807) is 30.9 Å². The van der Waals surface area contributed by atoms with Crippen molar-refractivity contribution in [3.8, 4) is 5.95 Å². The lowest BCUT2D eigenvalue weighted by molar-refractivity contribution is 0.757. The van der Waals surface area contributed by atoms with Gasteiger partial charge in [0.2, 0.25) is 10.4 Å². The number of hydrogen-bond donors (Lipinski definition) is 0. The number of aryl methyl sites for hydroxylation is 1. The summed E-state index contributed by atoms with van der Waals surface area (Å²) < 4.78 is 1.51. The van der Waals surface area contributed by atoms with E-state index in [1.165, 1.54) is 16.4 Å². The van der Waals surface area contributed by atoms with Gasteiger partial charge in [-0.15, -0.1) is 0 Å². The Hall–Kier alpha value is -2.06. The van der Waals surface area contributed by atoms with Gasteiger partial charge in [-0.2, -0.15) is 20.1 Å². The van der Waals surface area contributed by atoms with E-state index < -0.39 is 0 Å². The van der Waals surface area contributed by atoms with Crippen LogP contribution in [0.2, 0.25) is 5.28 Å². The van der Waals surface area contributed by atoms with Crippen molar-refractivity contribution < 1.29 is 0 Å². The van der Waals surface area contributed by atoms with Crippen LogP contribution in [0.1, 0.15) is 5.56 Å². The van der Waals surface area contributed by atoms with Crippen molar-refractivity contribution in [2.45, 2.75) is 17.2 Å². The van der Waals surface area contributed by atoms with Crippen LogP contribution in [-0.2, 0) is 0 Å². The highest BCUT2D eigenvalue weighted by atomic mass is 35.5. The van der Waals surface area contributed by atoms with Crippen LogP contribution in [0.4, 0.5) is 0 Å². The van der Waals surface area contributed by atoms with Crippen molar-refractivity contribution in [1.29, 1.82) is 0 Å². The molecule has 0 saturated carbocycles. The predicted molar refractivity (Wildman–Crippen MR) is 72.9 cm³/mol. The maximum Gasteiger partial charge on any atom is 0.255 e. The van der Waals surface area contributed by atoms with Gasteiger partial charge in [0, 0.05) is 24.8 Å². The van der Waals surface area contributed by atoms with Crippen molar-refractivity contribution >= 4 is 23.4 Å². The van der Waals surface area contributed by atoms with Gasteiger partial charge in [-0.3, -0.25) is 0 Å². The van der Waals surface area contributed by atoms with E-state index in [9.17, 15) is 0 Å². The van der Waals surface area contributed by atoms with Gasteiger partial charge in [-0.1, -0.05) is 0 Å². The van der Waals surface area contributed by atoms with Crippen LogP contribution in [0.3, 0.4) is 0 Å². The average Bonchev–Trinajstić information content (AvgIpc) is 2.95. The highest BCUT2D eigenvalue weighted by Crippen LogP contribution is 2.21. The second-order valence-electron chi connectivity index (χ2n) is 3.78. The highest BCUT2D eigenvalue weighted by Gasteiger charge is 2.10. The highest BCUT2D eigenvalue weighted by molar-refractivity contribution is 7.99. The van der Waals surface area contributed by atoms with Crippen molar-refractivity contribution in [3.63, 3.8) is 0 Å². The van der Waals surface area contributed by atoms with Crippen LogP contribution >= 0.6 is 23.4 Å². The number of nitrogens with zero attached hydrogens (tertiary/aromatic N) is 7. The Labute approximate surface area is 123 Å². The first-order valence-electron chi connectivity index (χ1n) is 5.59. The zero-order valence-electron chi connectivity index (χ0n) is 10.3. The lowest BCUT2D eigenvalue weighted by atomic mass is 10.4. The molecule has 0 aliphatic carbocycles. The van der Waals surface area contributed by atoms with Crippen LogP contribution in [-0.4, -0.2) is 34.7 Å². The third-order valence-corrected chi connectivity index (χ3v) is 3.15. The summed E-state index contributed by atoms with van der Waals surface area (Å²) in [5.41, 5.74) is 0.986. The summed E-state index contributed by atoms with van der Waals surface area (Å²) in [7, 11) is 0. The van der Waals surface area contributed by atoms with E-state index in [0.717, 1.165) is 5.56 Å². The van der Waals surface area contributed by atoms with Gasteiger partial charge in [0.05, 0.1) is 0 Å². The largest absolute Gasteiger partial charge is 0.255 e. The summed E-state index contributed by atoms with van der Waals surface area (Å²) in [5, 5.41) is 5.11. The first-order valence-corrected chi connectivity index (χ1v) is 6.78. The molecule has 0 atom stereocenters. The van der Waals surface area contributed by atoms with Crippen molar-refractivity contribution in [3.05, 3.63) is 41.7 Å². The Morgan fingerprint density at radius 1 is 1.10 bits per heavy atom. The van der Waals surface area contributed by atoms with E-state index in [0.29, 0.717) is 16.3 Å². The molecule has 100 valence electrons. The molecule has 9 heteroatoms. The molecule has 0 aromatic carbocycles. The fourth-order valence-electron chi connectivity index (χ4n) is 1.37. The third-order valence-electron chi connectivity index (χ3n) is 2.22. The molecule has 3 heterocycles. The van der Waals surface area contributed by atoms with Gasteiger partial charge in [0.15, 0.2) is 5.16 Å². The zero-order chi connectivity index (χ0) is 13.9. The van der Waals surface area contributed by atoms with E-state index in [2.05, 4.69) is 30.0 Å². The normalized spacial score (nSPS) is 10.7. The summed E-state index contributed by atoms with van der Waals surface area (Å²) in [6.07, 6.45) is 6.81. The average molecular weight is 306 g/mol. The lowest BCUT2D eigenvalue weighted by Crippen LogP contribution is -2.04. The summed E-state index contributed by atoms with van der Waals surface area (Å²) in [5.74, 6) is 0.351. The van der Waals surface area contributed by atoms with Crippen molar-refractivity contribution in [1.82, 2.24) is 34.7 Å². The Kier molecular flexibility index (Phi) is 3.57. The molecule has 0 saturated heterocycles. The summed E-state index contributed by atoms with van der Waals surface area (Å²) >= 11 is 7.11. The number of aromatic nitrogens is 7. The maximum absolute atomic E-state index is 5.90. The maximum atomic E-state index is 5.90. The van der Waals surface area contributed by atoms with Gasteiger partial charge in [0.25, 0.3) is 5.95 Å². The minimum atomic E-state index is 0.0973. The fourth-order valence-corrected chi connectivity index (χ4v) is 2.21. The molecular formula is C11H8ClN7S. The Balaban J connectivity index is 1.92. The van der Waals surface area contributed by atoms with Crippen LogP contribution in [0, 0.1) is 6.92 Å². The molecule has 0 N–H and O–H groups in total. The van der Waals surface area contributed by atoms with Crippen molar-refractivity contribution in [2.24, 2.45) is 0 Å². The SMILES string of the molecule is Cc1cnc(Sc2nc(Cl)nc(-n3cccn3)n2)nc1. The number of hydrogen-bond acceptors (Lipinski definition) is 7. The molecule has 3 rings (SSSR count). The first kappa shape index (κ1) is 12.9. The van der Waals surface area contributed by atoms with E-state index in [1.807, 2.05) is 6.92 Å². The lowest BCUT2D eigenvalue weighted by Gasteiger charge is -2.03. The van der Waals surface area contributed by atoms with Gasteiger partial charge in [0.1, 0.15) is 0 Å². The predicted octanol–water partition coefficient (Wildman–Crippen LogP) is 1.96. The topological polar surface area (TPSA) is 82.3 Å². The third kappa shape index (κ3) is 2.91. The number of halogens is 1. The van der Waals surface area contributed by atoms with Crippen LogP contribution in [0.5, 0.6) is 0 Å². The van der Waals surface area contributed by atoms with Crippen molar-refractivity contribution in [2.75, 3.05) is 0 Å². The molecule has 0 amide bonds. The summed E-state index contributed by atoms with van der Waals surface area (Å²) in [4.78, 5) is 20.7. The van der Waals surface area contributed by atoms with E-state index in [-0.39, 0.29) is 5.28 Å². The molecule has 0 radical (unpaired) electrons. The molecule has 0 fully saturated rings. The molecule has 0 unspecified atom stereocenters. The molecule has 3 aromatic rings. The standard InChI is InChI=1S/C11H8ClN7S/c1-7-5-13-10(14-6-7)20-11-17-8(12)16-9(18-11)19-4-2-3-15-19/h2-6H,1H3. The molecule has 0 bridgehead atoms. The quantitative estimate of drug-likeness (QED) is 0.684. The molecule has 0 spiro atoms. The monoisotopic (exact) mass is 305 g/mol. The minimum Gasteiger partial charge on any atom is -0.230 e. The van der Waals surface area contributed by atoms with E-state index >= 15 is 0 Å². The second-order valence-corrected chi connectivity index (χ2v) is 5.06. The fraction of sp³-hybridized carbons (Fsp3) is 0.0909. The van der Waals surface area contributed by atoms with Crippen LogP contribution < -0.4 is 0 Å². The smallest absolute Gasteiger partial charge is 0.230 e. The van der Waals surface area contributed by atoms with Gasteiger partial charge in [-0.05, 0) is 41.9 Å². The second kappa shape index (κ2) is 5.51. The zero-order valence-corrected chi connectivity index (χ0v) is 11.9. The number of rotatable bonds is 3. The molecule has 0 aliphatic rings. The summed E-state index contributed by atoms with van der Waals surface area (Å²) in [6, 6.07) is 1.77. The van der Waals surface area contributed by atoms with Gasteiger partial charge >= 0.3 is 0 Å². The Morgan fingerprint density at radius 2 is 1.90 bits per heavy atom. The molecule has 0 aliphatic heterocycles. The molecule has 20 heavy (non-hydrogen) atoms.